The predicted molar refractivity (Wildman–Crippen MR) is 182 cm³/mol. The number of anilines is 1. The van der Waals surface area contributed by atoms with E-state index in [4.69, 9.17) is 5.11 Å². The SMILES string of the molecule is Cc1cc(S(=O)(=O)N(C)C)ccc1-c1ccc(C[C@H](NC(=O)C2CCC(CNC(=O)O)CC2)C(=O)Nc2ccc3c(=O)[nH][nH]c3c2)cc1. The third kappa shape index (κ3) is 7.94. The van der Waals surface area contributed by atoms with E-state index in [0.717, 1.165) is 22.3 Å². The second kappa shape index (κ2) is 14.4. The average Bonchev–Trinajstić information content (AvgIpc) is 3.43. The quantitative estimate of drug-likeness (QED) is 0.139. The number of fused-ring (bicyclic) bond motifs is 1. The van der Waals surface area contributed by atoms with Crippen molar-refractivity contribution in [2.75, 3.05) is 26.0 Å². The molecule has 0 unspecified atom stereocenters. The first-order valence-electron chi connectivity index (χ1n) is 15.7. The molecule has 3 amide bonds. The Kier molecular flexibility index (Phi) is 10.3. The van der Waals surface area contributed by atoms with Crippen LogP contribution in [0.15, 0.2) is 70.4 Å². The van der Waals surface area contributed by atoms with Gasteiger partial charge in [-0.15, -0.1) is 0 Å². The number of hydrogen-bond donors (Lipinski definition) is 6. The summed E-state index contributed by atoms with van der Waals surface area (Å²) in [5.74, 6) is -0.787. The molecular weight excluding hydrogens is 636 g/mol. The van der Waals surface area contributed by atoms with Gasteiger partial charge in [-0.1, -0.05) is 30.3 Å². The number of carbonyl (C=O) groups excluding carboxylic acids is 2. The molecule has 14 heteroatoms. The molecule has 1 aliphatic carbocycles. The van der Waals surface area contributed by atoms with E-state index < -0.39 is 28.1 Å². The number of benzene rings is 3. The third-order valence-electron chi connectivity index (χ3n) is 8.92. The summed E-state index contributed by atoms with van der Waals surface area (Å²) in [7, 11) is -0.588. The Morgan fingerprint density at radius 3 is 2.31 bits per heavy atom. The molecule has 1 atom stereocenters. The van der Waals surface area contributed by atoms with Gasteiger partial charge in [0.2, 0.25) is 21.8 Å². The molecule has 4 aromatic rings. The molecular formula is C34H40N6O7S. The van der Waals surface area contributed by atoms with Crippen molar-refractivity contribution < 1.29 is 27.9 Å². The molecule has 1 heterocycles. The molecule has 1 fully saturated rings. The average molecular weight is 677 g/mol. The van der Waals surface area contributed by atoms with Crippen LogP contribution in [0.5, 0.6) is 0 Å². The van der Waals surface area contributed by atoms with Crippen molar-refractivity contribution in [1.82, 2.24) is 25.1 Å². The van der Waals surface area contributed by atoms with Gasteiger partial charge in [-0.25, -0.2) is 17.5 Å². The van der Waals surface area contributed by atoms with Gasteiger partial charge in [-0.3, -0.25) is 24.6 Å². The molecule has 13 nitrogen and oxygen atoms in total. The summed E-state index contributed by atoms with van der Waals surface area (Å²) in [6.45, 7) is 2.20. The first-order valence-corrected chi connectivity index (χ1v) is 17.2. The Morgan fingerprint density at radius 2 is 1.67 bits per heavy atom. The van der Waals surface area contributed by atoms with Gasteiger partial charge in [0.25, 0.3) is 5.56 Å². The van der Waals surface area contributed by atoms with Crippen LogP contribution in [0.4, 0.5) is 10.5 Å². The van der Waals surface area contributed by atoms with Gasteiger partial charge in [0.05, 0.1) is 15.8 Å². The molecule has 0 bridgehead atoms. The number of aromatic nitrogens is 2. The molecule has 0 spiro atoms. The number of sulfonamides is 1. The molecule has 3 aromatic carbocycles. The van der Waals surface area contributed by atoms with E-state index in [-0.39, 0.29) is 34.6 Å². The predicted octanol–water partition coefficient (Wildman–Crippen LogP) is 3.82. The minimum atomic E-state index is -3.57. The van der Waals surface area contributed by atoms with Gasteiger partial charge in [-0.05, 0) is 91.1 Å². The molecule has 5 rings (SSSR count). The minimum Gasteiger partial charge on any atom is -0.465 e. The number of nitrogens with one attached hydrogen (secondary N) is 5. The maximum Gasteiger partial charge on any atom is 0.404 e. The number of hydrogen-bond acceptors (Lipinski definition) is 6. The van der Waals surface area contributed by atoms with Gasteiger partial charge in [0, 0.05) is 38.7 Å². The second-order valence-corrected chi connectivity index (χ2v) is 14.6. The summed E-state index contributed by atoms with van der Waals surface area (Å²) < 4.78 is 26.3. The first kappa shape index (κ1) is 34.4. The number of carbonyl (C=O) groups is 3. The third-order valence-corrected chi connectivity index (χ3v) is 10.7. The molecule has 1 aromatic heterocycles. The van der Waals surface area contributed by atoms with E-state index in [1.165, 1.54) is 18.4 Å². The van der Waals surface area contributed by atoms with Crippen molar-refractivity contribution in [2.24, 2.45) is 11.8 Å². The van der Waals surface area contributed by atoms with Crippen LogP contribution in [0, 0.1) is 18.8 Å². The first-order chi connectivity index (χ1) is 22.8. The number of aromatic amines is 2. The molecule has 0 saturated heterocycles. The monoisotopic (exact) mass is 676 g/mol. The summed E-state index contributed by atoms with van der Waals surface area (Å²) in [6, 6.07) is 16.5. The van der Waals surface area contributed by atoms with Gasteiger partial charge >= 0.3 is 6.09 Å². The Hall–Kier alpha value is -4.95. The normalized spacial score (nSPS) is 17.2. The van der Waals surface area contributed by atoms with Crippen LogP contribution in [0.1, 0.15) is 36.8 Å². The molecule has 1 aliphatic rings. The lowest BCUT2D eigenvalue weighted by molar-refractivity contribution is -0.130. The van der Waals surface area contributed by atoms with Gasteiger partial charge in [-0.2, -0.15) is 0 Å². The fourth-order valence-corrected chi connectivity index (χ4v) is 7.08. The number of nitrogens with zero attached hydrogens (tertiary/aromatic N) is 1. The van der Waals surface area contributed by atoms with Crippen molar-refractivity contribution in [1.29, 1.82) is 0 Å². The highest BCUT2D eigenvalue weighted by Crippen LogP contribution is 2.30. The Bertz CT molecular complexity index is 1980. The van der Waals surface area contributed by atoms with Crippen molar-refractivity contribution in [3.05, 3.63) is 82.1 Å². The topological polar surface area (TPSA) is 194 Å². The number of amides is 3. The van der Waals surface area contributed by atoms with E-state index >= 15 is 0 Å². The Balaban J connectivity index is 1.32. The summed E-state index contributed by atoms with van der Waals surface area (Å²) in [4.78, 5) is 50.1. The molecule has 6 N–H and O–H groups in total. The molecule has 0 aliphatic heterocycles. The highest BCUT2D eigenvalue weighted by atomic mass is 32.2. The molecule has 48 heavy (non-hydrogen) atoms. The van der Waals surface area contributed by atoms with Crippen molar-refractivity contribution >= 4 is 44.5 Å². The largest absolute Gasteiger partial charge is 0.465 e. The molecule has 254 valence electrons. The Labute approximate surface area is 278 Å². The van der Waals surface area contributed by atoms with Crippen LogP contribution in [-0.2, 0) is 26.0 Å². The zero-order chi connectivity index (χ0) is 34.6. The maximum absolute atomic E-state index is 13.6. The van der Waals surface area contributed by atoms with E-state index in [1.807, 2.05) is 31.2 Å². The van der Waals surface area contributed by atoms with Gasteiger partial charge < -0.3 is 21.1 Å². The molecule has 0 radical (unpaired) electrons. The van der Waals surface area contributed by atoms with Crippen LogP contribution in [-0.4, -0.2) is 72.6 Å². The zero-order valence-electron chi connectivity index (χ0n) is 27.0. The second-order valence-electron chi connectivity index (χ2n) is 12.5. The van der Waals surface area contributed by atoms with Crippen molar-refractivity contribution in [2.45, 2.75) is 50.0 Å². The summed E-state index contributed by atoms with van der Waals surface area (Å²) in [5, 5.41) is 22.9. The molecule has 1 saturated carbocycles. The van der Waals surface area contributed by atoms with Crippen molar-refractivity contribution in [3.8, 4) is 11.1 Å². The minimum absolute atomic E-state index is 0.162. The highest BCUT2D eigenvalue weighted by Gasteiger charge is 2.30. The van der Waals surface area contributed by atoms with Crippen LogP contribution in [0.3, 0.4) is 0 Å². The number of aryl methyl sites for hydroxylation is 1. The van der Waals surface area contributed by atoms with Crippen LogP contribution in [0.2, 0.25) is 0 Å². The van der Waals surface area contributed by atoms with Crippen molar-refractivity contribution in [3.63, 3.8) is 0 Å². The fraction of sp³-hybridized carbons (Fsp3) is 0.353. The van der Waals surface area contributed by atoms with E-state index in [0.29, 0.717) is 48.8 Å². The highest BCUT2D eigenvalue weighted by molar-refractivity contribution is 7.89. The zero-order valence-corrected chi connectivity index (χ0v) is 27.8. The standard InChI is InChI=1S/C34H40N6O7S/c1-20-16-26(48(46,47)40(2)3)13-15-27(20)23-8-4-21(5-9-23)17-30(33(43)36-25-12-14-28-29(18-25)38-39-32(28)42)37-31(41)24-10-6-22(7-11-24)19-35-34(44)45/h4-5,8-9,12-16,18,22,24,30,35H,6-7,10-11,17,19H2,1-3H3,(H,36,43)(H,37,41)(H,44,45)(H2,38,39,42)/t22?,24?,30-/m0/s1. The smallest absolute Gasteiger partial charge is 0.404 e. The van der Waals surface area contributed by atoms with Crippen LogP contribution in [0.25, 0.3) is 22.0 Å². The summed E-state index contributed by atoms with van der Waals surface area (Å²) >= 11 is 0. The van der Waals surface area contributed by atoms with E-state index in [2.05, 4.69) is 26.1 Å². The van der Waals surface area contributed by atoms with Gasteiger partial charge in [0.15, 0.2) is 0 Å². The Morgan fingerprint density at radius 1 is 0.958 bits per heavy atom. The lowest BCUT2D eigenvalue weighted by Gasteiger charge is -2.29. The maximum atomic E-state index is 13.6. The van der Waals surface area contributed by atoms with Gasteiger partial charge in [0.1, 0.15) is 6.04 Å². The fourth-order valence-electron chi connectivity index (χ4n) is 6.09. The number of carboxylic acid groups (broad SMARTS) is 1. The van der Waals surface area contributed by atoms with E-state index in [1.54, 1.807) is 36.4 Å². The number of rotatable bonds is 11. The lowest BCUT2D eigenvalue weighted by Crippen LogP contribution is -2.48. The number of H-pyrrole nitrogens is 2. The summed E-state index contributed by atoms with van der Waals surface area (Å²) in [6.07, 6.45) is 1.72. The van der Waals surface area contributed by atoms with E-state index in [9.17, 15) is 27.6 Å². The lowest BCUT2D eigenvalue weighted by atomic mass is 9.81. The summed E-state index contributed by atoms with van der Waals surface area (Å²) in [5.41, 5.74) is 4.06. The van der Waals surface area contributed by atoms with Crippen LogP contribution < -0.4 is 21.5 Å². The van der Waals surface area contributed by atoms with Crippen LogP contribution >= 0.6 is 0 Å².